The van der Waals surface area contributed by atoms with Crippen LogP contribution >= 0.6 is 12.2 Å². The number of hydrogen-bond donors (Lipinski definition) is 3. The lowest BCUT2D eigenvalue weighted by Crippen LogP contribution is -2.41. The summed E-state index contributed by atoms with van der Waals surface area (Å²) in [6.45, 7) is 0.439. The highest BCUT2D eigenvalue weighted by atomic mass is 32.1. The first kappa shape index (κ1) is 8.70. The highest BCUT2D eigenvalue weighted by Gasteiger charge is 2.30. The summed E-state index contributed by atoms with van der Waals surface area (Å²) in [4.78, 5) is 1.65. The zero-order chi connectivity index (χ0) is 8.43. The van der Waals surface area contributed by atoms with Crippen LogP contribution in [-0.4, -0.2) is 45.5 Å². The Balaban J connectivity index is 2.57. The molecule has 1 fully saturated rings. The summed E-state index contributed by atoms with van der Waals surface area (Å²) in [7, 11) is 0. The molecule has 4 N–H and O–H groups in total. The number of rotatable bonds is 1. The lowest BCUT2D eigenvalue weighted by atomic mass is 10.2. The molecule has 0 unspecified atom stereocenters. The third kappa shape index (κ3) is 1.79. The van der Waals surface area contributed by atoms with Crippen LogP contribution in [0.2, 0.25) is 0 Å². The van der Waals surface area contributed by atoms with Gasteiger partial charge in [0.1, 0.15) is 0 Å². The molecular weight excluding hydrogens is 164 g/mol. The molecule has 0 saturated carbocycles. The third-order valence-corrected chi connectivity index (χ3v) is 2.12. The molecular formula is C6H12N2O2S. The quantitative estimate of drug-likeness (QED) is 0.431. The summed E-state index contributed by atoms with van der Waals surface area (Å²) in [6, 6.07) is -0.0949. The van der Waals surface area contributed by atoms with Crippen LogP contribution < -0.4 is 5.73 Å². The van der Waals surface area contributed by atoms with Gasteiger partial charge in [-0.2, -0.15) is 0 Å². The van der Waals surface area contributed by atoms with Crippen molar-refractivity contribution in [3.63, 3.8) is 0 Å². The van der Waals surface area contributed by atoms with Gasteiger partial charge in [0.2, 0.25) is 0 Å². The highest BCUT2D eigenvalue weighted by molar-refractivity contribution is 7.80. The maximum absolute atomic E-state index is 9.18. The smallest absolute Gasteiger partial charge is 0.166 e. The number of aliphatic hydroxyl groups is 2. The van der Waals surface area contributed by atoms with Gasteiger partial charge in [-0.1, -0.05) is 0 Å². The lowest BCUT2D eigenvalue weighted by molar-refractivity contribution is 0.184. The standard InChI is InChI=1S/C6H12N2O2S/c7-6(11)8-2-5(10)1-4(8)3-9/h4-5,9-10H,1-3H2,(H2,7,11)/t4-,5+/m1/s1. The predicted molar refractivity (Wildman–Crippen MR) is 45.0 cm³/mol. The summed E-state index contributed by atoms with van der Waals surface area (Å²) in [5, 5.41) is 18.3. The fourth-order valence-electron chi connectivity index (χ4n) is 1.33. The summed E-state index contributed by atoms with van der Waals surface area (Å²) in [5.41, 5.74) is 5.36. The highest BCUT2D eigenvalue weighted by Crippen LogP contribution is 2.16. The van der Waals surface area contributed by atoms with Crippen molar-refractivity contribution < 1.29 is 10.2 Å². The zero-order valence-electron chi connectivity index (χ0n) is 6.10. The van der Waals surface area contributed by atoms with Crippen molar-refractivity contribution in [3.8, 4) is 0 Å². The minimum atomic E-state index is -0.409. The van der Waals surface area contributed by atoms with Crippen LogP contribution in [0.5, 0.6) is 0 Å². The molecule has 1 rings (SSSR count). The number of likely N-dealkylation sites (tertiary alicyclic amines) is 1. The molecule has 0 spiro atoms. The molecule has 11 heavy (non-hydrogen) atoms. The average molecular weight is 176 g/mol. The van der Waals surface area contributed by atoms with Gasteiger partial charge < -0.3 is 20.8 Å². The molecule has 1 aliphatic rings. The summed E-state index contributed by atoms with van der Waals surface area (Å²) >= 11 is 4.73. The van der Waals surface area contributed by atoms with E-state index in [4.69, 9.17) is 23.1 Å². The monoisotopic (exact) mass is 176 g/mol. The van der Waals surface area contributed by atoms with Gasteiger partial charge >= 0.3 is 0 Å². The van der Waals surface area contributed by atoms with Crippen LogP contribution in [0, 0.1) is 0 Å². The Morgan fingerprint density at radius 2 is 2.36 bits per heavy atom. The van der Waals surface area contributed by atoms with Crippen molar-refractivity contribution in [1.82, 2.24) is 4.90 Å². The minimum Gasteiger partial charge on any atom is -0.394 e. The molecule has 0 amide bonds. The maximum atomic E-state index is 9.18. The van der Waals surface area contributed by atoms with Gasteiger partial charge in [0.15, 0.2) is 5.11 Å². The molecule has 5 heteroatoms. The van der Waals surface area contributed by atoms with Crippen molar-refractivity contribution in [2.75, 3.05) is 13.2 Å². The van der Waals surface area contributed by atoms with E-state index in [1.54, 1.807) is 4.90 Å². The Hall–Kier alpha value is -0.390. The fraction of sp³-hybridized carbons (Fsp3) is 0.833. The summed E-state index contributed by atoms with van der Waals surface area (Å²) < 4.78 is 0. The van der Waals surface area contributed by atoms with Gasteiger partial charge in [-0.25, -0.2) is 0 Å². The number of thiocarbonyl (C=S) groups is 1. The van der Waals surface area contributed by atoms with Crippen molar-refractivity contribution >= 4 is 17.3 Å². The van der Waals surface area contributed by atoms with Gasteiger partial charge in [0.05, 0.1) is 18.8 Å². The molecule has 0 bridgehead atoms. The molecule has 1 saturated heterocycles. The maximum Gasteiger partial charge on any atom is 0.166 e. The topological polar surface area (TPSA) is 69.7 Å². The zero-order valence-corrected chi connectivity index (χ0v) is 6.92. The first-order valence-corrected chi connectivity index (χ1v) is 3.91. The Morgan fingerprint density at radius 3 is 2.73 bits per heavy atom. The largest absolute Gasteiger partial charge is 0.394 e. The van der Waals surface area contributed by atoms with E-state index in [1.807, 2.05) is 0 Å². The first-order chi connectivity index (χ1) is 5.15. The van der Waals surface area contributed by atoms with E-state index in [9.17, 15) is 5.11 Å². The van der Waals surface area contributed by atoms with Gasteiger partial charge in [0.25, 0.3) is 0 Å². The molecule has 0 aromatic rings. The number of nitrogens with two attached hydrogens (primary N) is 1. The SMILES string of the molecule is NC(=S)N1C[C@@H](O)C[C@@H]1CO. The van der Waals surface area contributed by atoms with Gasteiger partial charge in [-0.15, -0.1) is 0 Å². The number of nitrogens with zero attached hydrogens (tertiary/aromatic N) is 1. The van der Waals surface area contributed by atoms with Gasteiger partial charge in [-0.05, 0) is 18.6 Å². The van der Waals surface area contributed by atoms with Crippen molar-refractivity contribution in [1.29, 1.82) is 0 Å². The minimum absolute atomic E-state index is 0.00556. The van der Waals surface area contributed by atoms with Crippen LogP contribution in [0.25, 0.3) is 0 Å². The molecule has 0 aliphatic carbocycles. The van der Waals surface area contributed by atoms with E-state index >= 15 is 0 Å². The van der Waals surface area contributed by atoms with E-state index in [-0.39, 0.29) is 17.8 Å². The first-order valence-electron chi connectivity index (χ1n) is 3.50. The number of aliphatic hydroxyl groups excluding tert-OH is 2. The Kier molecular flexibility index (Phi) is 2.64. The second-order valence-electron chi connectivity index (χ2n) is 2.72. The van der Waals surface area contributed by atoms with Crippen LogP contribution in [0.1, 0.15) is 6.42 Å². The van der Waals surface area contributed by atoms with E-state index in [0.717, 1.165) is 0 Å². The average Bonchev–Trinajstić information content (AvgIpc) is 2.30. The van der Waals surface area contributed by atoms with E-state index < -0.39 is 6.10 Å². The van der Waals surface area contributed by atoms with Gasteiger partial charge in [-0.3, -0.25) is 0 Å². The Bertz CT molecular complexity index is 165. The van der Waals surface area contributed by atoms with Crippen LogP contribution in [0.15, 0.2) is 0 Å². The van der Waals surface area contributed by atoms with E-state index in [2.05, 4.69) is 0 Å². The van der Waals surface area contributed by atoms with Crippen molar-refractivity contribution in [3.05, 3.63) is 0 Å². The van der Waals surface area contributed by atoms with Crippen LogP contribution in [-0.2, 0) is 0 Å². The van der Waals surface area contributed by atoms with Crippen LogP contribution in [0.4, 0.5) is 0 Å². The molecule has 2 atom stereocenters. The molecule has 64 valence electrons. The van der Waals surface area contributed by atoms with E-state index in [1.165, 1.54) is 0 Å². The molecule has 1 aliphatic heterocycles. The second-order valence-corrected chi connectivity index (χ2v) is 3.13. The number of β-amino-alcohol motifs (C(OH)–C–C–N with tert-alkyl or cyclic N) is 1. The predicted octanol–water partition coefficient (Wildman–Crippen LogP) is -1.34. The Morgan fingerprint density at radius 1 is 1.73 bits per heavy atom. The Labute approximate surface area is 70.6 Å². The lowest BCUT2D eigenvalue weighted by Gasteiger charge is -2.22. The summed E-state index contributed by atoms with van der Waals surface area (Å²) in [5.74, 6) is 0. The normalized spacial score (nSPS) is 30.9. The molecule has 0 aromatic carbocycles. The fourth-order valence-corrected chi connectivity index (χ4v) is 1.56. The van der Waals surface area contributed by atoms with Crippen LogP contribution in [0.3, 0.4) is 0 Å². The third-order valence-electron chi connectivity index (χ3n) is 1.89. The van der Waals surface area contributed by atoms with Crippen molar-refractivity contribution in [2.45, 2.75) is 18.6 Å². The molecule has 0 aromatic heterocycles. The molecule has 4 nitrogen and oxygen atoms in total. The number of hydrogen-bond acceptors (Lipinski definition) is 3. The summed E-state index contributed by atoms with van der Waals surface area (Å²) in [6.07, 6.45) is 0.141. The second kappa shape index (κ2) is 3.34. The van der Waals surface area contributed by atoms with Crippen molar-refractivity contribution in [2.24, 2.45) is 5.73 Å². The molecule has 1 heterocycles. The molecule has 0 radical (unpaired) electrons. The van der Waals surface area contributed by atoms with Gasteiger partial charge in [0, 0.05) is 6.54 Å². The van der Waals surface area contributed by atoms with E-state index in [0.29, 0.717) is 13.0 Å².